The fraction of sp³-hybridized carbons (Fsp3) is 0.429. The molecule has 1 aliphatic carbocycles. The van der Waals surface area contributed by atoms with Crippen molar-refractivity contribution in [2.24, 2.45) is 5.92 Å². The summed E-state index contributed by atoms with van der Waals surface area (Å²) in [4.78, 5) is 0. The Morgan fingerprint density at radius 2 is 2.12 bits per heavy atom. The number of hydrogen-bond acceptors (Lipinski definition) is 0. The third-order valence-corrected chi connectivity index (χ3v) is 1.48. The van der Waals surface area contributed by atoms with Gasteiger partial charge in [-0.2, -0.15) is 0 Å². The zero-order valence-corrected chi connectivity index (χ0v) is 6.27. The third-order valence-electron chi connectivity index (χ3n) is 1.48. The average molecular weight is 150 g/mol. The zero-order chi connectivity index (χ0) is 5.28. The molecular formula is C7H10Fe. The molecule has 0 aliphatic heterocycles. The minimum atomic E-state index is 0. The molecule has 8 heavy (non-hydrogen) atoms. The van der Waals surface area contributed by atoms with Gasteiger partial charge in [0.25, 0.3) is 0 Å². The van der Waals surface area contributed by atoms with Crippen LogP contribution in [0.4, 0.5) is 0 Å². The summed E-state index contributed by atoms with van der Waals surface area (Å²) in [5, 5.41) is 0. The monoisotopic (exact) mass is 150 g/mol. The van der Waals surface area contributed by atoms with Crippen LogP contribution in [-0.4, -0.2) is 0 Å². The predicted octanol–water partition coefficient (Wildman–Crippen LogP) is 2.14. The van der Waals surface area contributed by atoms with E-state index in [2.05, 4.69) is 32.1 Å². The van der Waals surface area contributed by atoms with Gasteiger partial charge in [0.05, 0.1) is 0 Å². The Bertz CT molecular complexity index is 122. The van der Waals surface area contributed by atoms with Crippen molar-refractivity contribution in [3.63, 3.8) is 0 Å². The average Bonchev–Trinajstić information content (AvgIpc) is 1.91. The van der Waals surface area contributed by atoms with Crippen LogP contribution in [0.2, 0.25) is 0 Å². The van der Waals surface area contributed by atoms with Crippen molar-refractivity contribution in [3.8, 4) is 0 Å². The summed E-state index contributed by atoms with van der Waals surface area (Å²) in [5.41, 5.74) is 1.47. The second-order valence-corrected chi connectivity index (χ2v) is 2.08. The van der Waals surface area contributed by atoms with E-state index in [9.17, 15) is 0 Å². The van der Waals surface area contributed by atoms with E-state index in [0.29, 0.717) is 5.92 Å². The van der Waals surface area contributed by atoms with Crippen LogP contribution in [0.15, 0.2) is 23.8 Å². The van der Waals surface area contributed by atoms with Gasteiger partial charge >= 0.3 is 0 Å². The molecule has 0 aromatic heterocycles. The van der Waals surface area contributed by atoms with Gasteiger partial charge in [-0.05, 0) is 12.8 Å². The standard InChI is InChI=1S/C7H10.Fe/c1-6-4-3-5-7(6)2;/h3-6H,1-2H3;. The molecule has 0 bridgehead atoms. The Morgan fingerprint density at radius 1 is 1.50 bits per heavy atom. The smallest absolute Gasteiger partial charge is 0 e. The molecule has 1 atom stereocenters. The first kappa shape index (κ1) is 8.00. The maximum absolute atomic E-state index is 2.20. The first-order chi connectivity index (χ1) is 3.30. The topological polar surface area (TPSA) is 0 Å². The molecule has 0 N–H and O–H groups in total. The summed E-state index contributed by atoms with van der Waals surface area (Å²) >= 11 is 0. The van der Waals surface area contributed by atoms with Crippen molar-refractivity contribution in [3.05, 3.63) is 23.8 Å². The van der Waals surface area contributed by atoms with Gasteiger partial charge in [0.15, 0.2) is 0 Å². The minimum absolute atomic E-state index is 0. The minimum Gasteiger partial charge on any atom is -0.0776 e. The summed E-state index contributed by atoms with van der Waals surface area (Å²) in [7, 11) is 0. The van der Waals surface area contributed by atoms with Crippen LogP contribution >= 0.6 is 0 Å². The molecule has 0 saturated heterocycles. The first-order valence-corrected chi connectivity index (χ1v) is 2.65. The fourth-order valence-electron chi connectivity index (χ4n) is 0.678. The van der Waals surface area contributed by atoms with E-state index in [1.165, 1.54) is 5.57 Å². The summed E-state index contributed by atoms with van der Waals surface area (Å²) in [5.74, 6) is 0.694. The molecule has 1 aliphatic rings. The Balaban J connectivity index is 0.000000490. The van der Waals surface area contributed by atoms with Crippen LogP contribution in [0.3, 0.4) is 0 Å². The van der Waals surface area contributed by atoms with Crippen molar-refractivity contribution in [2.45, 2.75) is 13.8 Å². The van der Waals surface area contributed by atoms with Crippen molar-refractivity contribution in [1.29, 1.82) is 0 Å². The number of rotatable bonds is 0. The normalized spacial score (nSPS) is 24.8. The van der Waals surface area contributed by atoms with Crippen molar-refractivity contribution >= 4 is 0 Å². The van der Waals surface area contributed by atoms with Crippen molar-refractivity contribution < 1.29 is 17.1 Å². The Hall–Kier alpha value is -0.000519. The first-order valence-electron chi connectivity index (χ1n) is 2.65. The third kappa shape index (κ3) is 1.50. The molecule has 0 heterocycles. The van der Waals surface area contributed by atoms with E-state index in [-0.39, 0.29) is 17.1 Å². The maximum atomic E-state index is 2.20. The molecule has 0 nitrogen and oxygen atoms in total. The van der Waals surface area contributed by atoms with Gasteiger partial charge < -0.3 is 0 Å². The fourth-order valence-corrected chi connectivity index (χ4v) is 0.678. The SMILES string of the molecule is CC1=CC=CC1C.[Fe]. The van der Waals surface area contributed by atoms with E-state index in [1.54, 1.807) is 0 Å². The van der Waals surface area contributed by atoms with Gasteiger partial charge in [0.1, 0.15) is 0 Å². The van der Waals surface area contributed by atoms with Crippen LogP contribution in [0.5, 0.6) is 0 Å². The molecular weight excluding hydrogens is 140 g/mol. The van der Waals surface area contributed by atoms with E-state index >= 15 is 0 Å². The van der Waals surface area contributed by atoms with E-state index < -0.39 is 0 Å². The van der Waals surface area contributed by atoms with Gasteiger partial charge in [-0.3, -0.25) is 0 Å². The van der Waals surface area contributed by atoms with Crippen LogP contribution in [0.1, 0.15) is 13.8 Å². The molecule has 0 aromatic rings. The predicted molar refractivity (Wildman–Crippen MR) is 32.1 cm³/mol. The molecule has 46 valence electrons. The molecule has 0 radical (unpaired) electrons. The number of hydrogen-bond donors (Lipinski definition) is 0. The molecule has 0 amide bonds. The molecule has 0 fully saturated rings. The van der Waals surface area contributed by atoms with E-state index in [1.807, 2.05) is 0 Å². The molecule has 0 aromatic carbocycles. The Labute approximate surface area is 61.1 Å². The quantitative estimate of drug-likeness (QED) is 0.464. The van der Waals surface area contributed by atoms with Crippen molar-refractivity contribution in [1.82, 2.24) is 0 Å². The van der Waals surface area contributed by atoms with Gasteiger partial charge in [0.2, 0.25) is 0 Å². The largest absolute Gasteiger partial charge is 0.0776 e. The maximum Gasteiger partial charge on any atom is 0 e. The Kier molecular flexibility index (Phi) is 3.11. The molecule has 1 rings (SSSR count). The van der Waals surface area contributed by atoms with Gasteiger partial charge in [-0.15, -0.1) is 0 Å². The second-order valence-electron chi connectivity index (χ2n) is 2.08. The molecule has 1 heteroatoms. The van der Waals surface area contributed by atoms with Crippen LogP contribution in [-0.2, 0) is 17.1 Å². The van der Waals surface area contributed by atoms with E-state index in [4.69, 9.17) is 0 Å². The van der Waals surface area contributed by atoms with Crippen LogP contribution in [0.25, 0.3) is 0 Å². The van der Waals surface area contributed by atoms with Crippen LogP contribution in [0, 0.1) is 5.92 Å². The molecule has 0 saturated carbocycles. The molecule has 0 spiro atoms. The summed E-state index contributed by atoms with van der Waals surface area (Å²) in [6, 6.07) is 0. The Morgan fingerprint density at radius 3 is 2.25 bits per heavy atom. The van der Waals surface area contributed by atoms with Gasteiger partial charge in [-0.1, -0.05) is 30.7 Å². The van der Waals surface area contributed by atoms with Gasteiger partial charge in [-0.25, -0.2) is 0 Å². The van der Waals surface area contributed by atoms with Gasteiger partial charge in [0, 0.05) is 17.1 Å². The van der Waals surface area contributed by atoms with Crippen LogP contribution < -0.4 is 0 Å². The second kappa shape index (κ2) is 3.11. The molecule has 1 unspecified atom stereocenters. The zero-order valence-electron chi connectivity index (χ0n) is 5.16. The summed E-state index contributed by atoms with van der Waals surface area (Å²) < 4.78 is 0. The summed E-state index contributed by atoms with van der Waals surface area (Å²) in [6.45, 7) is 4.36. The number of allylic oxidation sites excluding steroid dienone is 4. The van der Waals surface area contributed by atoms with Crippen molar-refractivity contribution in [2.75, 3.05) is 0 Å². The van der Waals surface area contributed by atoms with E-state index in [0.717, 1.165) is 0 Å². The summed E-state index contributed by atoms with van der Waals surface area (Å²) in [6.07, 6.45) is 6.47.